The molecule has 1 aromatic heterocycles. The number of primary amides is 1. The summed E-state index contributed by atoms with van der Waals surface area (Å²) < 4.78 is 13.1. The van der Waals surface area contributed by atoms with Gasteiger partial charge in [0.25, 0.3) is 0 Å². The Labute approximate surface area is 139 Å². The van der Waals surface area contributed by atoms with Crippen molar-refractivity contribution >= 4 is 11.7 Å². The number of amides is 1. The number of benzene rings is 1. The highest BCUT2D eigenvalue weighted by Crippen LogP contribution is 2.23. The standard InChI is InChI=1S/C17H20FN5O/c18-13-7-5-12(6-8-13)16(17(19)24)20-11-14-3-2-10-23(14)15-4-1-9-21-22-15/h1,4-9,14,16,20H,2-3,10-11H2,(H2,19,24). The van der Waals surface area contributed by atoms with Crippen molar-refractivity contribution in [1.82, 2.24) is 15.5 Å². The SMILES string of the molecule is NC(=O)C(NCC1CCCN1c1cccnn1)c1ccc(F)cc1. The Bertz CT molecular complexity index is 679. The number of aromatic nitrogens is 2. The molecule has 3 rings (SSSR count). The van der Waals surface area contributed by atoms with Crippen LogP contribution < -0.4 is 16.0 Å². The maximum Gasteiger partial charge on any atom is 0.239 e. The van der Waals surface area contributed by atoms with Crippen molar-refractivity contribution in [2.75, 3.05) is 18.0 Å². The fourth-order valence-electron chi connectivity index (χ4n) is 3.09. The highest BCUT2D eigenvalue weighted by Gasteiger charge is 2.27. The predicted molar refractivity (Wildman–Crippen MR) is 88.7 cm³/mol. The van der Waals surface area contributed by atoms with E-state index in [4.69, 9.17) is 5.73 Å². The van der Waals surface area contributed by atoms with E-state index in [2.05, 4.69) is 20.4 Å². The van der Waals surface area contributed by atoms with Crippen LogP contribution in [0.3, 0.4) is 0 Å². The number of nitrogens with zero attached hydrogens (tertiary/aromatic N) is 3. The van der Waals surface area contributed by atoms with Gasteiger partial charge in [-0.2, -0.15) is 5.10 Å². The molecule has 2 heterocycles. The first kappa shape index (κ1) is 16.3. The van der Waals surface area contributed by atoms with Crippen molar-refractivity contribution in [2.45, 2.75) is 24.9 Å². The van der Waals surface area contributed by atoms with Crippen molar-refractivity contribution in [3.63, 3.8) is 0 Å². The van der Waals surface area contributed by atoms with E-state index >= 15 is 0 Å². The molecule has 0 aliphatic carbocycles. The van der Waals surface area contributed by atoms with E-state index in [1.165, 1.54) is 12.1 Å². The van der Waals surface area contributed by atoms with Crippen molar-refractivity contribution < 1.29 is 9.18 Å². The highest BCUT2D eigenvalue weighted by atomic mass is 19.1. The van der Waals surface area contributed by atoms with E-state index in [-0.39, 0.29) is 11.9 Å². The van der Waals surface area contributed by atoms with Crippen molar-refractivity contribution in [2.24, 2.45) is 5.73 Å². The lowest BCUT2D eigenvalue weighted by Crippen LogP contribution is -2.43. The average molecular weight is 329 g/mol. The van der Waals surface area contributed by atoms with E-state index in [9.17, 15) is 9.18 Å². The smallest absolute Gasteiger partial charge is 0.239 e. The van der Waals surface area contributed by atoms with Gasteiger partial charge in [-0.15, -0.1) is 5.10 Å². The average Bonchev–Trinajstić information content (AvgIpc) is 3.06. The Morgan fingerprint density at radius 1 is 1.38 bits per heavy atom. The Balaban J connectivity index is 1.68. The summed E-state index contributed by atoms with van der Waals surface area (Å²) in [6.07, 6.45) is 3.70. The molecule has 1 aliphatic rings. The molecule has 24 heavy (non-hydrogen) atoms. The minimum atomic E-state index is -0.644. The van der Waals surface area contributed by atoms with Crippen LogP contribution in [0.2, 0.25) is 0 Å². The summed E-state index contributed by atoms with van der Waals surface area (Å²) in [6.45, 7) is 1.49. The second-order valence-corrected chi connectivity index (χ2v) is 5.87. The molecule has 0 radical (unpaired) electrons. The number of hydrogen-bond acceptors (Lipinski definition) is 5. The Morgan fingerprint density at radius 2 is 2.17 bits per heavy atom. The Morgan fingerprint density at radius 3 is 2.83 bits per heavy atom. The summed E-state index contributed by atoms with van der Waals surface area (Å²) in [7, 11) is 0. The molecule has 2 unspecified atom stereocenters. The number of carbonyl (C=O) groups excluding carboxylic acids is 1. The zero-order chi connectivity index (χ0) is 16.9. The third kappa shape index (κ3) is 3.68. The van der Waals surface area contributed by atoms with Crippen molar-refractivity contribution in [3.8, 4) is 0 Å². The summed E-state index contributed by atoms with van der Waals surface area (Å²) in [5, 5.41) is 11.3. The van der Waals surface area contributed by atoms with Crippen LogP contribution in [0.25, 0.3) is 0 Å². The van der Waals surface area contributed by atoms with E-state index in [1.54, 1.807) is 18.3 Å². The molecule has 1 fully saturated rings. The van der Waals surface area contributed by atoms with Crippen LogP contribution in [0.1, 0.15) is 24.4 Å². The third-order valence-electron chi connectivity index (χ3n) is 4.28. The molecule has 0 saturated carbocycles. The quantitative estimate of drug-likeness (QED) is 0.837. The maximum atomic E-state index is 13.1. The number of carbonyl (C=O) groups is 1. The van der Waals surface area contributed by atoms with Crippen LogP contribution in [0.5, 0.6) is 0 Å². The number of halogens is 1. The molecule has 1 aliphatic heterocycles. The molecule has 3 N–H and O–H groups in total. The molecule has 2 aromatic rings. The number of rotatable bonds is 6. The van der Waals surface area contributed by atoms with E-state index in [0.29, 0.717) is 12.1 Å². The molecule has 0 spiro atoms. The van der Waals surface area contributed by atoms with Crippen molar-refractivity contribution in [3.05, 3.63) is 54.0 Å². The van der Waals surface area contributed by atoms with E-state index in [1.807, 2.05) is 12.1 Å². The Hall–Kier alpha value is -2.54. The lowest BCUT2D eigenvalue weighted by atomic mass is 10.1. The zero-order valence-electron chi connectivity index (χ0n) is 13.2. The summed E-state index contributed by atoms with van der Waals surface area (Å²) >= 11 is 0. The van der Waals surface area contributed by atoms with Gasteiger partial charge < -0.3 is 16.0 Å². The lowest BCUT2D eigenvalue weighted by molar-refractivity contribution is -0.120. The van der Waals surface area contributed by atoms with Crippen molar-refractivity contribution in [1.29, 1.82) is 0 Å². The van der Waals surface area contributed by atoms with Gasteiger partial charge >= 0.3 is 0 Å². The molecule has 7 heteroatoms. The van der Waals surface area contributed by atoms with Crippen LogP contribution in [-0.4, -0.2) is 35.2 Å². The molecular formula is C17H20FN5O. The van der Waals surface area contributed by atoms with Crippen LogP contribution in [0.4, 0.5) is 10.2 Å². The Kier molecular flexibility index (Phi) is 5.00. The molecule has 1 amide bonds. The molecule has 2 atom stereocenters. The number of anilines is 1. The van der Waals surface area contributed by atoms with Crippen LogP contribution >= 0.6 is 0 Å². The molecule has 0 bridgehead atoms. The van der Waals surface area contributed by atoms with E-state index in [0.717, 1.165) is 25.2 Å². The third-order valence-corrected chi connectivity index (χ3v) is 4.28. The molecule has 1 aromatic carbocycles. The van der Waals surface area contributed by atoms with Crippen LogP contribution in [0, 0.1) is 5.82 Å². The first-order valence-corrected chi connectivity index (χ1v) is 7.97. The van der Waals surface area contributed by atoms with Gasteiger partial charge in [0.15, 0.2) is 5.82 Å². The van der Waals surface area contributed by atoms with Crippen LogP contribution in [0.15, 0.2) is 42.6 Å². The second kappa shape index (κ2) is 7.35. The maximum absolute atomic E-state index is 13.1. The monoisotopic (exact) mass is 329 g/mol. The molecule has 6 nitrogen and oxygen atoms in total. The second-order valence-electron chi connectivity index (χ2n) is 5.87. The fourth-order valence-corrected chi connectivity index (χ4v) is 3.09. The van der Waals surface area contributed by atoms with Gasteiger partial charge in [-0.05, 0) is 42.7 Å². The van der Waals surface area contributed by atoms with Gasteiger partial charge in [0.05, 0.1) is 0 Å². The highest BCUT2D eigenvalue weighted by molar-refractivity contribution is 5.81. The largest absolute Gasteiger partial charge is 0.368 e. The van der Waals surface area contributed by atoms with Gasteiger partial charge in [-0.25, -0.2) is 4.39 Å². The predicted octanol–water partition coefficient (Wildman–Crippen LogP) is 1.40. The summed E-state index contributed by atoms with van der Waals surface area (Å²) in [5.41, 5.74) is 6.17. The van der Waals surface area contributed by atoms with Gasteiger partial charge in [0.2, 0.25) is 5.91 Å². The lowest BCUT2D eigenvalue weighted by Gasteiger charge is -2.27. The molecule has 126 valence electrons. The number of hydrogen-bond donors (Lipinski definition) is 2. The van der Waals surface area contributed by atoms with Gasteiger partial charge in [-0.3, -0.25) is 4.79 Å². The van der Waals surface area contributed by atoms with Crippen LogP contribution in [-0.2, 0) is 4.79 Å². The minimum absolute atomic E-state index is 0.212. The number of nitrogens with two attached hydrogens (primary N) is 1. The molecule has 1 saturated heterocycles. The molecular weight excluding hydrogens is 309 g/mol. The minimum Gasteiger partial charge on any atom is -0.368 e. The van der Waals surface area contributed by atoms with Gasteiger partial charge in [0, 0.05) is 25.3 Å². The summed E-state index contributed by atoms with van der Waals surface area (Å²) in [4.78, 5) is 14.0. The first-order valence-electron chi connectivity index (χ1n) is 7.97. The number of nitrogens with one attached hydrogen (secondary N) is 1. The zero-order valence-corrected chi connectivity index (χ0v) is 13.2. The first-order chi connectivity index (χ1) is 11.6. The van der Waals surface area contributed by atoms with Gasteiger partial charge in [0.1, 0.15) is 11.9 Å². The topological polar surface area (TPSA) is 84.1 Å². The summed E-state index contributed by atoms with van der Waals surface area (Å²) in [5.74, 6) is 0.0106. The van der Waals surface area contributed by atoms with Gasteiger partial charge in [-0.1, -0.05) is 12.1 Å². The van der Waals surface area contributed by atoms with E-state index < -0.39 is 11.9 Å². The summed E-state index contributed by atoms with van der Waals surface area (Å²) in [6, 6.07) is 9.16. The fraction of sp³-hybridized carbons (Fsp3) is 0.353. The normalized spacial score (nSPS) is 18.5.